The van der Waals surface area contributed by atoms with Crippen LogP contribution in [0.15, 0.2) is 18.2 Å². The van der Waals surface area contributed by atoms with Gasteiger partial charge >= 0.3 is 35.8 Å². The quantitative estimate of drug-likeness (QED) is 0.0217. The molecule has 9 amide bonds. The smallest absolute Gasteiger partial charge is 0.322 e. The first-order valence-corrected chi connectivity index (χ1v) is 32.1. The van der Waals surface area contributed by atoms with Crippen molar-refractivity contribution in [3.05, 3.63) is 34.9 Å². The summed E-state index contributed by atoms with van der Waals surface area (Å²) in [5.74, 6) is -14.7. The Bertz CT molecular complexity index is 2230. The fourth-order valence-electron chi connectivity index (χ4n) is 5.91. The molecule has 1 aromatic carbocycles. The summed E-state index contributed by atoms with van der Waals surface area (Å²) >= 11 is 0. The van der Waals surface area contributed by atoms with Gasteiger partial charge in [-0.15, -0.1) is 0 Å². The third-order valence-corrected chi connectivity index (χ3v) is 17.5. The highest BCUT2D eigenvalue weighted by Gasteiger charge is 2.26. The van der Waals surface area contributed by atoms with Crippen LogP contribution in [0.25, 0.3) is 0 Å². The molecule has 0 saturated heterocycles. The number of hydrogen-bond donors (Lipinski definition) is 18. The van der Waals surface area contributed by atoms with Crippen LogP contribution in [-0.4, -0.2) is 230 Å². The molecular weight excluding hydrogens is 1240 g/mol. The molecule has 468 valence electrons. The van der Waals surface area contributed by atoms with Crippen LogP contribution in [0.5, 0.6) is 0 Å². The Morgan fingerprint density at radius 1 is 0.369 bits per heavy atom. The molecule has 33 nitrogen and oxygen atoms in total. The van der Waals surface area contributed by atoms with Crippen molar-refractivity contribution in [3.63, 3.8) is 0 Å². The van der Waals surface area contributed by atoms with Crippen molar-refractivity contribution >= 4 is 154 Å². The van der Waals surface area contributed by atoms with E-state index < -0.39 is 145 Å². The summed E-state index contributed by atoms with van der Waals surface area (Å²) in [6.07, 6.45) is -1.79. The Morgan fingerprint density at radius 3 is 0.821 bits per heavy atom. The summed E-state index contributed by atoms with van der Waals surface area (Å²) in [5.41, 5.74) is 15.9. The molecule has 0 bridgehead atoms. The number of hydrogen-bond acceptors (Lipinski definition) is 24. The van der Waals surface area contributed by atoms with Gasteiger partial charge in [0.1, 0.15) is 55.9 Å². The van der Waals surface area contributed by atoms with E-state index in [9.17, 15) is 71.9 Å². The minimum atomic E-state index is -1.35. The van der Waals surface area contributed by atoms with Gasteiger partial charge in [0.05, 0.1) is 0 Å². The number of rotatable bonds is 45. The summed E-state index contributed by atoms with van der Waals surface area (Å²) in [5, 5.41) is 75.6. The van der Waals surface area contributed by atoms with Crippen molar-refractivity contribution in [1.29, 1.82) is 0 Å². The topological polar surface area (TPSA) is 564 Å². The fraction of sp³-hybridized carbons (Fsp3) is 0.533. The van der Waals surface area contributed by atoms with E-state index in [-0.39, 0.29) is 109 Å². The molecule has 0 heterocycles. The van der Waals surface area contributed by atoms with E-state index in [1.54, 1.807) is 0 Å². The second-order valence-corrected chi connectivity index (χ2v) is 24.9. The van der Waals surface area contributed by atoms with E-state index in [1.165, 1.54) is 18.2 Å². The van der Waals surface area contributed by atoms with Crippen molar-refractivity contribution in [2.45, 2.75) is 74.8 Å². The zero-order chi connectivity index (χ0) is 63.3. The largest absolute Gasteiger partial charge is 0.480 e. The summed E-state index contributed by atoms with van der Waals surface area (Å²) in [6, 6.07) is -4.15. The first-order valence-electron chi connectivity index (χ1n) is 24.7. The zero-order valence-corrected chi connectivity index (χ0v) is 49.3. The summed E-state index contributed by atoms with van der Waals surface area (Å²) in [7, 11) is 6.61. The first-order chi connectivity index (χ1) is 39.6. The molecule has 0 aliphatic carbocycles. The van der Waals surface area contributed by atoms with Gasteiger partial charge in [-0.05, 0) is 37.5 Å². The van der Waals surface area contributed by atoms with Crippen molar-refractivity contribution in [2.75, 3.05) is 73.8 Å². The van der Waals surface area contributed by atoms with Crippen LogP contribution in [0.3, 0.4) is 0 Å². The van der Waals surface area contributed by atoms with Gasteiger partial charge in [0.25, 0.3) is 17.7 Å². The van der Waals surface area contributed by atoms with Crippen LogP contribution in [0.1, 0.15) is 69.6 Å². The van der Waals surface area contributed by atoms with Gasteiger partial charge < -0.3 is 95.7 Å². The minimum absolute atomic E-state index is 0.0250. The molecule has 0 spiro atoms. The molecule has 1 rings (SSSR count). The average molecular weight is 1300 g/mol. The first kappa shape index (κ1) is 75.3. The molecule has 84 heavy (non-hydrogen) atoms. The van der Waals surface area contributed by atoms with Gasteiger partial charge in [-0.3, -0.25) is 71.9 Å². The lowest BCUT2D eigenvalue weighted by Gasteiger charge is -2.18. The summed E-state index contributed by atoms with van der Waals surface area (Å²) in [4.78, 5) is 182. The minimum Gasteiger partial charge on any atom is -0.480 e. The predicted molar refractivity (Wildman–Crippen MR) is 310 cm³/mol. The standard InChI is InChI=1S/C45H66N12O21S6/c46-25(43(73)74)1-4-31(58)55-28(40(70)52-16-34(61)62)19-82-79-10-7-49-37(67)22-13-23(38(68)50-8-11-80-83-20-29(41(71)53-17-35(63)64)56-32(59)5-2-26(47)44(75)76)15-24(14-22)39(69)51-9-12-81-84-21-30(42(72)54-18-36(65)66)57-33(60)6-3-27(48)45(77)78/h13-15,25-30H,1-12,16-21,46-48H2,(H,49,67)(H,50,68)(H,51,69)(H,52,70)(H,53,71)(H,54,72)(H,55,58)(H,56,59)(H,57,60)(H,61,62)(H,63,64)(H,65,66)(H,73,74)(H,75,76)(H,77,78)/t25-,26-,27-,28?,29?,30?/m0/s1. The molecule has 39 heteroatoms. The maximum absolute atomic E-state index is 13.5. The number of carbonyl (C=O) groups excluding carboxylic acids is 9. The number of nitrogens with two attached hydrogens (primary N) is 3. The van der Waals surface area contributed by atoms with Crippen molar-refractivity contribution in [2.24, 2.45) is 17.2 Å². The highest BCUT2D eigenvalue weighted by molar-refractivity contribution is 8.77. The van der Waals surface area contributed by atoms with E-state index in [4.69, 9.17) is 47.8 Å². The van der Waals surface area contributed by atoms with Crippen LogP contribution in [0, 0.1) is 0 Å². The number of nitrogens with one attached hydrogen (secondary N) is 9. The van der Waals surface area contributed by atoms with Crippen LogP contribution in [-0.2, 0) is 57.5 Å². The highest BCUT2D eigenvalue weighted by atomic mass is 33.1. The van der Waals surface area contributed by atoms with Gasteiger partial charge in [0, 0.05) is 90.1 Å². The third-order valence-electron chi connectivity index (χ3n) is 10.3. The Balaban J connectivity index is 3.15. The maximum atomic E-state index is 13.5. The number of carbonyl (C=O) groups is 15. The fourth-order valence-corrected chi connectivity index (χ4v) is 12.1. The molecule has 0 aliphatic rings. The van der Waals surface area contributed by atoms with Gasteiger partial charge in [-0.2, -0.15) is 0 Å². The molecule has 1 aromatic rings. The lowest BCUT2D eigenvalue weighted by Crippen LogP contribution is -2.49. The molecule has 21 N–H and O–H groups in total. The third kappa shape index (κ3) is 34.1. The lowest BCUT2D eigenvalue weighted by molar-refractivity contribution is -0.140. The normalized spacial score (nSPS) is 12.9. The molecule has 0 aliphatic heterocycles. The molecule has 6 atom stereocenters. The molecule has 0 radical (unpaired) electrons. The van der Waals surface area contributed by atoms with Crippen molar-refractivity contribution < 1.29 is 103 Å². The Kier molecular flexibility index (Phi) is 37.7. The molecular formula is C45H66N12O21S6. The average Bonchev–Trinajstić information content (AvgIpc) is 3.58. The maximum Gasteiger partial charge on any atom is 0.322 e. The SMILES string of the molecule is N[C@@H](CCC(=O)NC(CSSCCNC(=O)c1cc(C(=O)NCCSSCC(NC(=O)CC[C@H](N)C(=O)O)C(=O)NCC(=O)O)cc(C(=O)NCCSSCC(NC(=O)CC[C@H](N)C(=O)O)C(=O)NCC(=O)O)c1)C(=O)NCC(=O)O)C(=O)O. The van der Waals surface area contributed by atoms with Crippen molar-refractivity contribution in [1.82, 2.24) is 47.9 Å². The lowest BCUT2D eigenvalue weighted by atomic mass is 10.0. The Labute approximate surface area is 502 Å². The summed E-state index contributed by atoms with van der Waals surface area (Å²) < 4.78 is 0. The number of carboxylic acid groups (broad SMARTS) is 6. The second-order valence-electron chi connectivity index (χ2n) is 17.0. The van der Waals surface area contributed by atoms with E-state index in [1.807, 2.05) is 0 Å². The van der Waals surface area contributed by atoms with Crippen LogP contribution in [0.2, 0.25) is 0 Å². The number of carboxylic acids is 6. The second kappa shape index (κ2) is 42.1. The Hall–Kier alpha value is -6.75. The van der Waals surface area contributed by atoms with E-state index >= 15 is 0 Å². The van der Waals surface area contributed by atoms with Gasteiger partial charge in [0.2, 0.25) is 35.4 Å². The number of benzene rings is 1. The van der Waals surface area contributed by atoms with Crippen LogP contribution < -0.4 is 65.1 Å². The molecule has 3 unspecified atom stereocenters. The van der Waals surface area contributed by atoms with E-state index in [0.717, 1.165) is 64.8 Å². The van der Waals surface area contributed by atoms with Gasteiger partial charge in [-0.1, -0.05) is 64.8 Å². The molecule has 0 aromatic heterocycles. The molecule has 0 saturated carbocycles. The van der Waals surface area contributed by atoms with Gasteiger partial charge in [-0.25, -0.2) is 0 Å². The van der Waals surface area contributed by atoms with Gasteiger partial charge in [0.15, 0.2) is 0 Å². The highest BCUT2D eigenvalue weighted by Crippen LogP contribution is 2.24. The van der Waals surface area contributed by atoms with E-state index in [0.29, 0.717) is 0 Å². The van der Waals surface area contributed by atoms with Crippen LogP contribution >= 0.6 is 64.8 Å². The van der Waals surface area contributed by atoms with Crippen molar-refractivity contribution in [3.8, 4) is 0 Å². The van der Waals surface area contributed by atoms with Crippen LogP contribution in [0.4, 0.5) is 0 Å². The number of amides is 9. The Morgan fingerprint density at radius 2 is 0.607 bits per heavy atom. The number of aliphatic carboxylic acids is 6. The van der Waals surface area contributed by atoms with E-state index in [2.05, 4.69) is 47.9 Å². The molecule has 0 fully saturated rings. The zero-order valence-electron chi connectivity index (χ0n) is 44.4. The predicted octanol–water partition coefficient (Wildman–Crippen LogP) is -4.35. The summed E-state index contributed by atoms with van der Waals surface area (Å²) in [6.45, 7) is -2.34. The monoisotopic (exact) mass is 1300 g/mol.